The van der Waals surface area contributed by atoms with Crippen molar-refractivity contribution in [1.29, 1.82) is 0 Å². The molecule has 0 spiro atoms. The molecular formula is C15H24N4O4S. The Hall–Kier alpha value is -1.52. The van der Waals surface area contributed by atoms with E-state index in [1.54, 1.807) is 0 Å². The van der Waals surface area contributed by atoms with Crippen molar-refractivity contribution in [3.05, 3.63) is 24.3 Å². The largest absolute Gasteiger partial charge is 0.395 e. The van der Waals surface area contributed by atoms with Gasteiger partial charge in [0.1, 0.15) is 0 Å². The number of hydrogen-bond donors (Lipinski definition) is 3. The van der Waals surface area contributed by atoms with Gasteiger partial charge in [-0.25, -0.2) is 13.6 Å². The zero-order valence-corrected chi connectivity index (χ0v) is 14.3. The van der Waals surface area contributed by atoms with Crippen LogP contribution in [0.3, 0.4) is 0 Å². The van der Waals surface area contributed by atoms with Gasteiger partial charge in [-0.15, -0.1) is 0 Å². The molecule has 9 heteroatoms. The van der Waals surface area contributed by atoms with Crippen LogP contribution in [0.4, 0.5) is 5.69 Å². The Morgan fingerprint density at radius 1 is 1.08 bits per heavy atom. The van der Waals surface area contributed by atoms with E-state index >= 15 is 0 Å². The third-order valence-electron chi connectivity index (χ3n) is 4.00. The maximum atomic E-state index is 12.0. The van der Waals surface area contributed by atoms with Crippen molar-refractivity contribution in [2.24, 2.45) is 5.14 Å². The highest BCUT2D eigenvalue weighted by atomic mass is 32.2. The van der Waals surface area contributed by atoms with Crippen molar-refractivity contribution in [1.82, 2.24) is 9.80 Å². The van der Waals surface area contributed by atoms with Gasteiger partial charge < -0.3 is 15.3 Å². The lowest BCUT2D eigenvalue weighted by molar-refractivity contribution is -0.116. The van der Waals surface area contributed by atoms with Crippen LogP contribution in [0.1, 0.15) is 6.42 Å². The normalized spacial score (nSPS) is 16.9. The molecule has 1 aliphatic rings. The Kier molecular flexibility index (Phi) is 6.69. The highest BCUT2D eigenvalue weighted by Gasteiger charge is 2.17. The van der Waals surface area contributed by atoms with Crippen LogP contribution in [-0.4, -0.2) is 75.1 Å². The summed E-state index contributed by atoms with van der Waals surface area (Å²) >= 11 is 0. The zero-order chi connectivity index (χ0) is 17.6. The molecule has 24 heavy (non-hydrogen) atoms. The number of amides is 1. The Morgan fingerprint density at radius 3 is 2.12 bits per heavy atom. The fraction of sp³-hybridized carbons (Fsp3) is 0.533. The summed E-state index contributed by atoms with van der Waals surface area (Å²) < 4.78 is 22.4. The monoisotopic (exact) mass is 356 g/mol. The van der Waals surface area contributed by atoms with E-state index in [2.05, 4.69) is 15.1 Å². The predicted octanol–water partition coefficient (Wildman–Crippen LogP) is -0.727. The number of primary sulfonamides is 1. The molecule has 1 fully saturated rings. The van der Waals surface area contributed by atoms with E-state index < -0.39 is 10.0 Å². The van der Waals surface area contributed by atoms with Crippen LogP contribution in [0.15, 0.2) is 29.2 Å². The molecule has 0 atom stereocenters. The number of nitrogens with zero attached hydrogens (tertiary/aromatic N) is 2. The minimum absolute atomic E-state index is 0.0150. The summed E-state index contributed by atoms with van der Waals surface area (Å²) in [6.07, 6.45) is 0.372. The number of rotatable bonds is 7. The molecule has 0 radical (unpaired) electrons. The summed E-state index contributed by atoms with van der Waals surface area (Å²) in [5.74, 6) is -0.115. The Bertz CT molecular complexity index is 640. The molecule has 0 aromatic heterocycles. The van der Waals surface area contributed by atoms with Crippen LogP contribution in [0.25, 0.3) is 0 Å². The van der Waals surface area contributed by atoms with Gasteiger partial charge in [0, 0.05) is 51.4 Å². The van der Waals surface area contributed by atoms with Crippen LogP contribution in [0.5, 0.6) is 0 Å². The standard InChI is InChI=1S/C15H24N4O4S/c16-24(22,23)14-3-1-13(2-4-14)17-15(21)5-6-18-7-9-19(10-8-18)11-12-20/h1-4,20H,5-12H2,(H,17,21)(H2,16,22,23). The van der Waals surface area contributed by atoms with Gasteiger partial charge >= 0.3 is 0 Å². The summed E-state index contributed by atoms with van der Waals surface area (Å²) in [6, 6.07) is 5.77. The molecule has 0 unspecified atom stereocenters. The molecule has 1 saturated heterocycles. The molecule has 1 aliphatic heterocycles. The smallest absolute Gasteiger partial charge is 0.238 e. The lowest BCUT2D eigenvalue weighted by Crippen LogP contribution is -2.47. The van der Waals surface area contributed by atoms with Gasteiger partial charge in [-0.3, -0.25) is 9.69 Å². The quantitative estimate of drug-likeness (QED) is 0.593. The number of benzene rings is 1. The number of carbonyl (C=O) groups is 1. The number of hydrogen-bond acceptors (Lipinski definition) is 6. The van der Waals surface area contributed by atoms with E-state index in [1.807, 2.05) is 0 Å². The van der Waals surface area contributed by atoms with Gasteiger partial charge in [-0.1, -0.05) is 0 Å². The SMILES string of the molecule is NS(=O)(=O)c1ccc(NC(=O)CCN2CCN(CCO)CC2)cc1. The predicted molar refractivity (Wildman–Crippen MR) is 91.0 cm³/mol. The molecule has 1 amide bonds. The average Bonchev–Trinajstić information content (AvgIpc) is 2.54. The number of nitrogens with one attached hydrogen (secondary N) is 1. The van der Waals surface area contributed by atoms with Gasteiger partial charge in [-0.2, -0.15) is 0 Å². The number of aliphatic hydroxyl groups is 1. The van der Waals surface area contributed by atoms with Crippen molar-refractivity contribution in [2.45, 2.75) is 11.3 Å². The first kappa shape index (κ1) is 18.8. The summed E-state index contributed by atoms with van der Waals surface area (Å²) in [4.78, 5) is 16.4. The molecule has 0 saturated carbocycles. The number of piperazine rings is 1. The highest BCUT2D eigenvalue weighted by molar-refractivity contribution is 7.89. The van der Waals surface area contributed by atoms with E-state index in [-0.39, 0.29) is 17.4 Å². The fourth-order valence-electron chi connectivity index (χ4n) is 2.59. The lowest BCUT2D eigenvalue weighted by atomic mass is 10.2. The second-order valence-corrected chi connectivity index (χ2v) is 7.34. The van der Waals surface area contributed by atoms with Crippen LogP contribution >= 0.6 is 0 Å². The fourth-order valence-corrected chi connectivity index (χ4v) is 3.10. The number of aliphatic hydroxyl groups excluding tert-OH is 1. The third-order valence-corrected chi connectivity index (χ3v) is 4.93. The second kappa shape index (κ2) is 8.54. The van der Waals surface area contributed by atoms with Gasteiger partial charge in [0.05, 0.1) is 11.5 Å². The van der Waals surface area contributed by atoms with Gasteiger partial charge in [0.25, 0.3) is 0 Å². The van der Waals surface area contributed by atoms with E-state index in [0.717, 1.165) is 26.2 Å². The topological polar surface area (TPSA) is 116 Å². The van der Waals surface area contributed by atoms with E-state index in [0.29, 0.717) is 25.2 Å². The second-order valence-electron chi connectivity index (χ2n) is 5.77. The van der Waals surface area contributed by atoms with Gasteiger partial charge in [0.15, 0.2) is 0 Å². The lowest BCUT2D eigenvalue weighted by Gasteiger charge is -2.34. The molecule has 8 nitrogen and oxygen atoms in total. The Balaban J connectivity index is 1.74. The number of anilines is 1. The summed E-state index contributed by atoms with van der Waals surface area (Å²) in [5.41, 5.74) is 0.542. The molecule has 1 aromatic carbocycles. The average molecular weight is 356 g/mol. The van der Waals surface area contributed by atoms with Gasteiger partial charge in [0.2, 0.25) is 15.9 Å². The number of carbonyl (C=O) groups excluding carboxylic acids is 1. The van der Waals surface area contributed by atoms with Crippen molar-refractivity contribution in [2.75, 3.05) is 51.2 Å². The summed E-state index contributed by atoms with van der Waals surface area (Å²) in [5, 5.41) is 16.7. The zero-order valence-electron chi connectivity index (χ0n) is 13.5. The molecule has 1 heterocycles. The van der Waals surface area contributed by atoms with Crippen molar-refractivity contribution in [3.63, 3.8) is 0 Å². The van der Waals surface area contributed by atoms with Crippen LogP contribution in [0, 0.1) is 0 Å². The molecule has 4 N–H and O–H groups in total. The van der Waals surface area contributed by atoms with Gasteiger partial charge in [-0.05, 0) is 24.3 Å². The third kappa shape index (κ3) is 5.84. The molecule has 2 rings (SSSR count). The van der Waals surface area contributed by atoms with Crippen molar-refractivity contribution < 1.29 is 18.3 Å². The number of sulfonamides is 1. The first-order chi connectivity index (χ1) is 11.4. The minimum atomic E-state index is -3.72. The van der Waals surface area contributed by atoms with E-state index in [1.165, 1.54) is 24.3 Å². The molecule has 134 valence electrons. The highest BCUT2D eigenvalue weighted by Crippen LogP contribution is 2.13. The first-order valence-corrected chi connectivity index (χ1v) is 9.41. The molecule has 1 aromatic rings. The molecular weight excluding hydrogens is 332 g/mol. The van der Waals surface area contributed by atoms with E-state index in [4.69, 9.17) is 10.2 Å². The van der Waals surface area contributed by atoms with Crippen LogP contribution < -0.4 is 10.5 Å². The maximum Gasteiger partial charge on any atom is 0.238 e. The number of β-amino-alcohol motifs (C(OH)–C–C–N with tert-alkyl or cyclic N) is 1. The Labute approximate surface area is 142 Å². The van der Waals surface area contributed by atoms with Crippen molar-refractivity contribution >= 4 is 21.6 Å². The van der Waals surface area contributed by atoms with Crippen LogP contribution in [0.2, 0.25) is 0 Å². The van der Waals surface area contributed by atoms with Crippen molar-refractivity contribution in [3.8, 4) is 0 Å². The molecule has 0 bridgehead atoms. The minimum Gasteiger partial charge on any atom is -0.395 e. The number of nitrogens with two attached hydrogens (primary N) is 1. The van der Waals surface area contributed by atoms with E-state index in [9.17, 15) is 13.2 Å². The van der Waals surface area contributed by atoms with Crippen LogP contribution in [-0.2, 0) is 14.8 Å². The summed E-state index contributed by atoms with van der Waals surface area (Å²) in [7, 11) is -3.72. The Morgan fingerprint density at radius 2 is 1.62 bits per heavy atom. The molecule has 0 aliphatic carbocycles. The maximum absolute atomic E-state index is 12.0. The first-order valence-electron chi connectivity index (χ1n) is 7.87. The summed E-state index contributed by atoms with van der Waals surface area (Å²) in [6.45, 7) is 5.12.